The summed E-state index contributed by atoms with van der Waals surface area (Å²) >= 11 is 1.83. The normalized spacial score (nSPS) is 18.0. The van der Waals surface area contributed by atoms with Gasteiger partial charge in [-0.1, -0.05) is 29.8 Å². The van der Waals surface area contributed by atoms with E-state index in [0.29, 0.717) is 19.1 Å². The molecule has 1 aliphatic heterocycles. The molecular formula is C18H22N2OS. The van der Waals surface area contributed by atoms with Crippen molar-refractivity contribution in [2.75, 3.05) is 13.1 Å². The summed E-state index contributed by atoms with van der Waals surface area (Å²) in [4.78, 5) is 15.9. The highest BCUT2D eigenvalue weighted by Crippen LogP contribution is 2.32. The number of amides is 1. The molecule has 3 rings (SSSR count). The van der Waals surface area contributed by atoms with Gasteiger partial charge in [0.15, 0.2) is 0 Å². The summed E-state index contributed by atoms with van der Waals surface area (Å²) < 4.78 is 0. The molecule has 22 heavy (non-hydrogen) atoms. The fourth-order valence-electron chi connectivity index (χ4n) is 2.92. The van der Waals surface area contributed by atoms with Crippen LogP contribution in [0.1, 0.15) is 34.5 Å². The van der Waals surface area contributed by atoms with Crippen LogP contribution in [0.3, 0.4) is 0 Å². The van der Waals surface area contributed by atoms with Crippen molar-refractivity contribution in [2.24, 2.45) is 0 Å². The van der Waals surface area contributed by atoms with Crippen LogP contribution in [0.25, 0.3) is 0 Å². The molecule has 2 heterocycles. The molecule has 0 bridgehead atoms. The lowest BCUT2D eigenvalue weighted by Gasteiger charge is -2.32. The Balaban J connectivity index is 1.53. The first kappa shape index (κ1) is 15.3. The Hall–Kier alpha value is -1.65. The minimum Gasteiger partial charge on any atom is -0.351 e. The van der Waals surface area contributed by atoms with Crippen LogP contribution in [0.2, 0.25) is 0 Å². The lowest BCUT2D eigenvalue weighted by atomic mass is 10.0. The van der Waals surface area contributed by atoms with Gasteiger partial charge in [0.05, 0.1) is 6.54 Å². The number of nitrogens with one attached hydrogen (secondary N) is 1. The van der Waals surface area contributed by atoms with E-state index >= 15 is 0 Å². The zero-order valence-electron chi connectivity index (χ0n) is 13.1. The number of thiophene rings is 1. The number of fused-ring (bicyclic) bond motifs is 1. The Kier molecular flexibility index (Phi) is 4.60. The fraction of sp³-hybridized carbons (Fsp3) is 0.389. The van der Waals surface area contributed by atoms with Crippen LogP contribution in [-0.4, -0.2) is 23.9 Å². The second-order valence-electron chi connectivity index (χ2n) is 5.96. The molecule has 3 nitrogen and oxygen atoms in total. The van der Waals surface area contributed by atoms with Crippen molar-refractivity contribution >= 4 is 17.2 Å². The van der Waals surface area contributed by atoms with Gasteiger partial charge in [0, 0.05) is 24.0 Å². The van der Waals surface area contributed by atoms with Crippen LogP contribution >= 0.6 is 11.3 Å². The van der Waals surface area contributed by atoms with E-state index in [0.717, 1.165) is 18.5 Å². The van der Waals surface area contributed by atoms with E-state index in [1.54, 1.807) is 0 Å². The molecule has 1 aromatic carbocycles. The summed E-state index contributed by atoms with van der Waals surface area (Å²) in [5, 5.41) is 5.18. The van der Waals surface area contributed by atoms with Gasteiger partial charge < -0.3 is 5.32 Å². The summed E-state index contributed by atoms with van der Waals surface area (Å²) in [6.07, 6.45) is 1.06. The van der Waals surface area contributed by atoms with Gasteiger partial charge >= 0.3 is 0 Å². The summed E-state index contributed by atoms with van der Waals surface area (Å²) in [6.45, 7) is 6.30. The molecule has 0 fully saturated rings. The third kappa shape index (κ3) is 3.39. The fourth-order valence-corrected chi connectivity index (χ4v) is 3.89. The average molecular weight is 314 g/mol. The molecule has 1 aromatic heterocycles. The third-order valence-corrected chi connectivity index (χ3v) is 5.36. The number of benzene rings is 1. The number of carbonyl (C=O) groups is 1. The lowest BCUT2D eigenvalue weighted by molar-refractivity contribution is -0.123. The van der Waals surface area contributed by atoms with E-state index in [1.807, 2.05) is 11.3 Å². The van der Waals surface area contributed by atoms with Gasteiger partial charge in [0.25, 0.3) is 0 Å². The zero-order chi connectivity index (χ0) is 15.5. The molecule has 0 saturated heterocycles. The molecule has 0 aliphatic carbocycles. The van der Waals surface area contributed by atoms with Crippen LogP contribution < -0.4 is 5.32 Å². The summed E-state index contributed by atoms with van der Waals surface area (Å²) in [5.74, 6) is 0.103. The smallest absolute Gasteiger partial charge is 0.234 e. The second-order valence-corrected chi connectivity index (χ2v) is 6.96. The molecule has 1 N–H and O–H groups in total. The van der Waals surface area contributed by atoms with Crippen molar-refractivity contribution in [3.63, 3.8) is 0 Å². The Morgan fingerprint density at radius 3 is 2.86 bits per heavy atom. The largest absolute Gasteiger partial charge is 0.351 e. The van der Waals surface area contributed by atoms with Gasteiger partial charge in [0.1, 0.15) is 0 Å². The van der Waals surface area contributed by atoms with E-state index in [-0.39, 0.29) is 5.91 Å². The first-order valence-electron chi connectivity index (χ1n) is 7.76. The summed E-state index contributed by atoms with van der Waals surface area (Å²) in [7, 11) is 0. The third-order valence-electron chi connectivity index (χ3n) is 4.36. The van der Waals surface area contributed by atoms with Gasteiger partial charge in [-0.2, -0.15) is 0 Å². The predicted molar refractivity (Wildman–Crippen MR) is 91.0 cm³/mol. The van der Waals surface area contributed by atoms with Crippen LogP contribution in [0.4, 0.5) is 0 Å². The number of hydrogen-bond acceptors (Lipinski definition) is 3. The van der Waals surface area contributed by atoms with Crippen LogP contribution in [0.5, 0.6) is 0 Å². The van der Waals surface area contributed by atoms with E-state index in [1.165, 1.54) is 16.0 Å². The number of carbonyl (C=O) groups excluding carboxylic acids is 1. The number of nitrogens with zero attached hydrogens (tertiary/aromatic N) is 1. The zero-order valence-corrected chi connectivity index (χ0v) is 14.0. The number of aryl methyl sites for hydroxylation is 1. The Morgan fingerprint density at radius 1 is 1.32 bits per heavy atom. The van der Waals surface area contributed by atoms with Crippen LogP contribution in [0, 0.1) is 6.92 Å². The average Bonchev–Trinajstić information content (AvgIpc) is 2.99. The Bertz CT molecular complexity index is 647. The molecular weight excluding hydrogens is 292 g/mol. The summed E-state index contributed by atoms with van der Waals surface area (Å²) in [6, 6.07) is 10.8. The molecule has 0 radical (unpaired) electrons. The van der Waals surface area contributed by atoms with Crippen molar-refractivity contribution < 1.29 is 4.79 Å². The van der Waals surface area contributed by atoms with E-state index in [9.17, 15) is 4.79 Å². The SMILES string of the molecule is Cc1ccc(CNC(=O)CN2CCc3sccc3[C@@H]2C)cc1. The molecule has 0 saturated carbocycles. The molecule has 2 aromatic rings. The number of rotatable bonds is 4. The summed E-state index contributed by atoms with van der Waals surface area (Å²) in [5.41, 5.74) is 3.78. The Morgan fingerprint density at radius 2 is 2.09 bits per heavy atom. The second kappa shape index (κ2) is 6.63. The van der Waals surface area contributed by atoms with Crippen molar-refractivity contribution in [3.05, 3.63) is 57.3 Å². The molecule has 4 heteroatoms. The Labute approximate surface area is 136 Å². The molecule has 116 valence electrons. The molecule has 0 unspecified atom stereocenters. The standard InChI is InChI=1S/C18H22N2OS/c1-13-3-5-15(6-4-13)11-19-18(21)12-20-9-7-17-16(14(20)2)8-10-22-17/h3-6,8,10,14H,7,9,11-12H2,1-2H3,(H,19,21)/t14-/m0/s1. The van der Waals surface area contributed by atoms with Crippen LogP contribution in [-0.2, 0) is 17.8 Å². The maximum Gasteiger partial charge on any atom is 0.234 e. The topological polar surface area (TPSA) is 32.3 Å². The van der Waals surface area contributed by atoms with Crippen molar-refractivity contribution in [1.29, 1.82) is 0 Å². The van der Waals surface area contributed by atoms with Crippen molar-refractivity contribution in [3.8, 4) is 0 Å². The van der Waals surface area contributed by atoms with Gasteiger partial charge in [0.2, 0.25) is 5.91 Å². The highest BCUT2D eigenvalue weighted by Gasteiger charge is 2.25. The van der Waals surface area contributed by atoms with E-state index in [2.05, 4.69) is 59.8 Å². The minimum atomic E-state index is 0.103. The van der Waals surface area contributed by atoms with Gasteiger partial charge in [-0.05, 0) is 42.8 Å². The van der Waals surface area contributed by atoms with E-state index < -0.39 is 0 Å². The van der Waals surface area contributed by atoms with Gasteiger partial charge in [-0.15, -0.1) is 11.3 Å². The quantitative estimate of drug-likeness (QED) is 0.939. The maximum atomic E-state index is 12.2. The van der Waals surface area contributed by atoms with Gasteiger partial charge in [-0.25, -0.2) is 0 Å². The predicted octanol–water partition coefficient (Wildman–Crippen LogP) is 3.29. The monoisotopic (exact) mass is 314 g/mol. The number of hydrogen-bond donors (Lipinski definition) is 1. The highest BCUT2D eigenvalue weighted by molar-refractivity contribution is 7.10. The first-order valence-corrected chi connectivity index (χ1v) is 8.64. The van der Waals surface area contributed by atoms with Crippen molar-refractivity contribution in [1.82, 2.24) is 10.2 Å². The van der Waals surface area contributed by atoms with E-state index in [4.69, 9.17) is 0 Å². The van der Waals surface area contributed by atoms with Gasteiger partial charge in [-0.3, -0.25) is 9.69 Å². The lowest BCUT2D eigenvalue weighted by Crippen LogP contribution is -2.41. The molecule has 1 aliphatic rings. The minimum absolute atomic E-state index is 0.103. The first-order chi connectivity index (χ1) is 10.6. The molecule has 1 atom stereocenters. The van der Waals surface area contributed by atoms with Crippen molar-refractivity contribution in [2.45, 2.75) is 32.9 Å². The highest BCUT2D eigenvalue weighted by atomic mass is 32.1. The van der Waals surface area contributed by atoms with Crippen LogP contribution in [0.15, 0.2) is 35.7 Å². The maximum absolute atomic E-state index is 12.2. The molecule has 1 amide bonds. The molecule has 0 spiro atoms.